The van der Waals surface area contributed by atoms with Crippen LogP contribution in [-0.2, 0) is 0 Å². The van der Waals surface area contributed by atoms with Crippen LogP contribution in [0.2, 0.25) is 0 Å². The predicted molar refractivity (Wildman–Crippen MR) is 112 cm³/mol. The van der Waals surface area contributed by atoms with E-state index in [2.05, 4.69) is 24.6 Å². The third-order valence-electron chi connectivity index (χ3n) is 4.97. The summed E-state index contributed by atoms with van der Waals surface area (Å²) >= 11 is 1.76. The Labute approximate surface area is 170 Å². The monoisotopic (exact) mass is 395 g/mol. The molecule has 0 amide bonds. The van der Waals surface area contributed by atoms with Crippen LogP contribution >= 0.6 is 11.8 Å². The van der Waals surface area contributed by atoms with Gasteiger partial charge in [-0.15, -0.1) is 10.2 Å². The number of piperidine rings is 1. The van der Waals surface area contributed by atoms with Gasteiger partial charge in [-0.25, -0.2) is 0 Å². The van der Waals surface area contributed by atoms with Crippen LogP contribution in [0.5, 0.6) is 5.75 Å². The van der Waals surface area contributed by atoms with Gasteiger partial charge in [-0.1, -0.05) is 18.2 Å². The SMILES string of the molecule is COc1ccc(-n2c(SCCN3CCCCC3)nnc2-c2cccnc2)cc1. The maximum atomic E-state index is 5.30. The topological polar surface area (TPSA) is 56.1 Å². The fraction of sp³-hybridized carbons (Fsp3) is 0.381. The van der Waals surface area contributed by atoms with Gasteiger partial charge in [-0.3, -0.25) is 9.55 Å². The average molecular weight is 396 g/mol. The first-order valence-corrected chi connectivity index (χ1v) is 10.7. The van der Waals surface area contributed by atoms with E-state index in [1.165, 1.54) is 32.4 Å². The van der Waals surface area contributed by atoms with E-state index in [1.807, 2.05) is 42.6 Å². The van der Waals surface area contributed by atoms with Crippen molar-refractivity contribution in [2.24, 2.45) is 0 Å². The Morgan fingerprint density at radius 3 is 2.57 bits per heavy atom. The minimum absolute atomic E-state index is 0.804. The van der Waals surface area contributed by atoms with E-state index in [-0.39, 0.29) is 0 Å². The van der Waals surface area contributed by atoms with Crippen LogP contribution in [0.1, 0.15) is 19.3 Å². The van der Waals surface area contributed by atoms with Crippen molar-refractivity contribution in [3.05, 3.63) is 48.8 Å². The maximum absolute atomic E-state index is 5.30. The molecule has 146 valence electrons. The molecule has 0 unspecified atom stereocenters. The van der Waals surface area contributed by atoms with Crippen LogP contribution in [0, 0.1) is 0 Å². The first kappa shape index (κ1) is 19.0. The minimum Gasteiger partial charge on any atom is -0.497 e. The van der Waals surface area contributed by atoms with Gasteiger partial charge in [0.25, 0.3) is 0 Å². The Kier molecular flexibility index (Phi) is 6.24. The van der Waals surface area contributed by atoms with E-state index in [4.69, 9.17) is 4.74 Å². The summed E-state index contributed by atoms with van der Waals surface area (Å²) in [6, 6.07) is 11.9. The van der Waals surface area contributed by atoms with Crippen LogP contribution < -0.4 is 4.74 Å². The van der Waals surface area contributed by atoms with Crippen molar-refractivity contribution in [2.45, 2.75) is 24.4 Å². The first-order chi connectivity index (χ1) is 13.8. The smallest absolute Gasteiger partial charge is 0.196 e. The summed E-state index contributed by atoms with van der Waals surface area (Å²) in [5, 5.41) is 9.87. The lowest BCUT2D eigenvalue weighted by atomic mass is 10.1. The molecule has 0 atom stereocenters. The molecule has 3 heterocycles. The lowest BCUT2D eigenvalue weighted by Gasteiger charge is -2.25. The molecular formula is C21H25N5OS. The van der Waals surface area contributed by atoms with E-state index in [0.29, 0.717) is 0 Å². The molecule has 0 spiro atoms. The van der Waals surface area contributed by atoms with Crippen molar-refractivity contribution in [3.8, 4) is 22.8 Å². The quantitative estimate of drug-likeness (QED) is 0.565. The van der Waals surface area contributed by atoms with Crippen LogP contribution in [0.25, 0.3) is 17.1 Å². The number of likely N-dealkylation sites (tertiary alicyclic amines) is 1. The fourth-order valence-corrected chi connectivity index (χ4v) is 4.41. The molecule has 0 bridgehead atoms. The number of ether oxygens (including phenoxy) is 1. The summed E-state index contributed by atoms with van der Waals surface area (Å²) in [4.78, 5) is 6.79. The molecule has 7 heteroatoms. The van der Waals surface area contributed by atoms with Crippen molar-refractivity contribution in [1.82, 2.24) is 24.6 Å². The molecular weight excluding hydrogens is 370 g/mol. The van der Waals surface area contributed by atoms with Crippen molar-refractivity contribution in [2.75, 3.05) is 32.5 Å². The Balaban J connectivity index is 1.59. The summed E-state index contributed by atoms with van der Waals surface area (Å²) in [6.45, 7) is 3.52. The summed E-state index contributed by atoms with van der Waals surface area (Å²) in [6.07, 6.45) is 7.59. The highest BCUT2D eigenvalue weighted by atomic mass is 32.2. The normalized spacial score (nSPS) is 14.9. The van der Waals surface area contributed by atoms with Gasteiger partial charge in [0.15, 0.2) is 11.0 Å². The van der Waals surface area contributed by atoms with Crippen LogP contribution in [0.4, 0.5) is 0 Å². The molecule has 0 radical (unpaired) electrons. The Morgan fingerprint density at radius 2 is 1.86 bits per heavy atom. The van der Waals surface area contributed by atoms with Gasteiger partial charge in [0.2, 0.25) is 0 Å². The molecule has 1 aromatic carbocycles. The standard InChI is InChI=1S/C21H25N5OS/c1-27-19-9-7-18(8-10-19)26-20(17-6-5-11-22-16-17)23-24-21(26)28-15-14-25-12-3-2-4-13-25/h5-11,16H,2-4,12-15H2,1H3. The van der Waals surface area contributed by atoms with Crippen molar-refractivity contribution >= 4 is 11.8 Å². The van der Waals surface area contributed by atoms with Crippen LogP contribution in [0.3, 0.4) is 0 Å². The largest absolute Gasteiger partial charge is 0.497 e. The molecule has 6 nitrogen and oxygen atoms in total. The molecule has 4 rings (SSSR count). The number of aromatic nitrogens is 4. The number of hydrogen-bond donors (Lipinski definition) is 0. The highest BCUT2D eigenvalue weighted by molar-refractivity contribution is 7.99. The van der Waals surface area contributed by atoms with Crippen molar-refractivity contribution in [3.63, 3.8) is 0 Å². The fourth-order valence-electron chi connectivity index (χ4n) is 3.46. The second kappa shape index (κ2) is 9.21. The molecule has 2 aromatic heterocycles. The number of pyridine rings is 1. The number of rotatable bonds is 7. The van der Waals surface area contributed by atoms with Gasteiger partial charge < -0.3 is 9.64 Å². The predicted octanol–water partition coefficient (Wildman–Crippen LogP) is 3.92. The number of methoxy groups -OCH3 is 1. The van der Waals surface area contributed by atoms with Gasteiger partial charge in [-0.2, -0.15) is 0 Å². The van der Waals surface area contributed by atoms with Crippen molar-refractivity contribution in [1.29, 1.82) is 0 Å². The van der Waals surface area contributed by atoms with Gasteiger partial charge in [0.05, 0.1) is 7.11 Å². The number of benzene rings is 1. The third-order valence-corrected chi connectivity index (χ3v) is 5.88. The lowest BCUT2D eigenvalue weighted by molar-refractivity contribution is 0.242. The zero-order valence-electron chi connectivity index (χ0n) is 16.1. The molecule has 1 fully saturated rings. The average Bonchev–Trinajstić information content (AvgIpc) is 3.19. The summed E-state index contributed by atoms with van der Waals surface area (Å²) in [7, 11) is 1.68. The molecule has 1 aliphatic rings. The first-order valence-electron chi connectivity index (χ1n) is 9.70. The lowest BCUT2D eigenvalue weighted by Crippen LogP contribution is -2.31. The second-order valence-electron chi connectivity index (χ2n) is 6.83. The molecule has 1 saturated heterocycles. The summed E-state index contributed by atoms with van der Waals surface area (Å²) in [5.41, 5.74) is 1.97. The minimum atomic E-state index is 0.804. The van der Waals surface area contributed by atoms with Gasteiger partial charge in [0.1, 0.15) is 5.75 Å². The molecule has 1 aliphatic heterocycles. The Hall–Kier alpha value is -2.38. The van der Waals surface area contributed by atoms with E-state index >= 15 is 0 Å². The molecule has 3 aromatic rings. The second-order valence-corrected chi connectivity index (χ2v) is 7.89. The molecule has 28 heavy (non-hydrogen) atoms. The molecule has 0 saturated carbocycles. The maximum Gasteiger partial charge on any atom is 0.196 e. The van der Waals surface area contributed by atoms with Crippen LogP contribution in [-0.4, -0.2) is 57.1 Å². The molecule has 0 N–H and O–H groups in total. The highest BCUT2D eigenvalue weighted by Gasteiger charge is 2.17. The van der Waals surface area contributed by atoms with Gasteiger partial charge >= 0.3 is 0 Å². The zero-order chi connectivity index (χ0) is 19.2. The third kappa shape index (κ3) is 4.36. The Morgan fingerprint density at radius 1 is 1.04 bits per heavy atom. The van der Waals surface area contributed by atoms with E-state index in [0.717, 1.165) is 40.3 Å². The highest BCUT2D eigenvalue weighted by Crippen LogP contribution is 2.28. The number of hydrogen-bond acceptors (Lipinski definition) is 6. The van der Waals surface area contributed by atoms with Gasteiger partial charge in [-0.05, 0) is 62.3 Å². The summed E-state index contributed by atoms with van der Waals surface area (Å²) < 4.78 is 7.41. The Bertz CT molecular complexity index is 876. The van der Waals surface area contributed by atoms with Crippen molar-refractivity contribution < 1.29 is 4.74 Å². The van der Waals surface area contributed by atoms with Gasteiger partial charge in [0, 0.05) is 35.9 Å². The summed E-state index contributed by atoms with van der Waals surface area (Å²) in [5.74, 6) is 2.64. The number of thioether (sulfide) groups is 1. The van der Waals surface area contributed by atoms with E-state index in [9.17, 15) is 0 Å². The number of nitrogens with zero attached hydrogens (tertiary/aromatic N) is 5. The molecule has 0 aliphatic carbocycles. The van der Waals surface area contributed by atoms with Crippen LogP contribution in [0.15, 0.2) is 53.9 Å². The van der Waals surface area contributed by atoms with E-state index < -0.39 is 0 Å². The zero-order valence-corrected chi connectivity index (χ0v) is 16.9. The van der Waals surface area contributed by atoms with E-state index in [1.54, 1.807) is 25.1 Å².